The molecule has 1 aromatic carbocycles. The molecule has 1 aromatic rings. The van der Waals surface area contributed by atoms with Crippen molar-refractivity contribution >= 4 is 11.9 Å². The Morgan fingerprint density at radius 3 is 2.65 bits per heavy atom. The Balaban J connectivity index is 2.31. The molecule has 0 N–H and O–H groups in total. The van der Waals surface area contributed by atoms with Crippen molar-refractivity contribution in [1.29, 1.82) is 0 Å². The second-order valence-electron chi connectivity index (χ2n) is 4.09. The first-order valence-corrected chi connectivity index (χ1v) is 5.50. The van der Waals surface area contributed by atoms with Crippen LogP contribution in [0.2, 0.25) is 0 Å². The van der Waals surface area contributed by atoms with Gasteiger partial charge in [0.15, 0.2) is 0 Å². The van der Waals surface area contributed by atoms with Gasteiger partial charge in [0.1, 0.15) is 5.60 Å². The molecular weight excluding hydrogens is 220 g/mol. The van der Waals surface area contributed by atoms with E-state index in [-0.39, 0.29) is 18.4 Å². The molecule has 1 fully saturated rings. The van der Waals surface area contributed by atoms with Crippen molar-refractivity contribution in [3.05, 3.63) is 35.9 Å². The van der Waals surface area contributed by atoms with Gasteiger partial charge in [0, 0.05) is 12.8 Å². The number of esters is 2. The molecule has 2 rings (SSSR count). The minimum absolute atomic E-state index is 0.0687. The van der Waals surface area contributed by atoms with Crippen LogP contribution in [0.3, 0.4) is 0 Å². The number of cyclic esters (lactones) is 1. The van der Waals surface area contributed by atoms with E-state index in [0.29, 0.717) is 12.8 Å². The van der Waals surface area contributed by atoms with Gasteiger partial charge in [-0.1, -0.05) is 30.3 Å². The monoisotopic (exact) mass is 234 g/mol. The van der Waals surface area contributed by atoms with Gasteiger partial charge in [-0.25, -0.2) is 0 Å². The van der Waals surface area contributed by atoms with Crippen molar-refractivity contribution < 1.29 is 19.1 Å². The first kappa shape index (κ1) is 11.6. The van der Waals surface area contributed by atoms with Crippen LogP contribution in [0.5, 0.6) is 0 Å². The Morgan fingerprint density at radius 2 is 2.12 bits per heavy atom. The quantitative estimate of drug-likeness (QED) is 0.748. The van der Waals surface area contributed by atoms with E-state index in [1.54, 1.807) is 0 Å². The standard InChI is InChI=1S/C13H14O4/c1-16-12(15)9-13(8-7-11(14)17-13)10-5-3-2-4-6-10/h2-6H,7-9H2,1H3. The van der Waals surface area contributed by atoms with Crippen LogP contribution in [-0.2, 0) is 24.7 Å². The third kappa shape index (κ3) is 2.30. The number of carbonyl (C=O) groups is 2. The Hall–Kier alpha value is -1.84. The van der Waals surface area contributed by atoms with Gasteiger partial charge in [-0.2, -0.15) is 0 Å². The molecular formula is C13H14O4. The third-order valence-electron chi connectivity index (χ3n) is 3.00. The van der Waals surface area contributed by atoms with Crippen LogP contribution in [0.15, 0.2) is 30.3 Å². The van der Waals surface area contributed by atoms with Gasteiger partial charge < -0.3 is 9.47 Å². The normalized spacial score (nSPS) is 23.2. The fourth-order valence-electron chi connectivity index (χ4n) is 2.10. The number of hydrogen-bond donors (Lipinski definition) is 0. The highest BCUT2D eigenvalue weighted by molar-refractivity contribution is 5.76. The zero-order valence-corrected chi connectivity index (χ0v) is 9.64. The van der Waals surface area contributed by atoms with E-state index in [4.69, 9.17) is 4.74 Å². The predicted octanol–water partition coefficient (Wildman–Crippen LogP) is 1.78. The minimum Gasteiger partial charge on any atom is -0.469 e. The Labute approximate surface area is 99.5 Å². The summed E-state index contributed by atoms with van der Waals surface area (Å²) in [4.78, 5) is 22.8. The minimum atomic E-state index is -0.842. The molecule has 1 saturated heterocycles. The van der Waals surface area contributed by atoms with Crippen molar-refractivity contribution in [1.82, 2.24) is 0 Å². The summed E-state index contributed by atoms with van der Waals surface area (Å²) < 4.78 is 10.0. The summed E-state index contributed by atoms with van der Waals surface area (Å²) in [5, 5.41) is 0. The molecule has 4 heteroatoms. The van der Waals surface area contributed by atoms with E-state index in [1.807, 2.05) is 30.3 Å². The van der Waals surface area contributed by atoms with Crippen LogP contribution < -0.4 is 0 Å². The number of benzene rings is 1. The number of ether oxygens (including phenoxy) is 2. The van der Waals surface area contributed by atoms with E-state index in [9.17, 15) is 9.59 Å². The van der Waals surface area contributed by atoms with Crippen LogP contribution in [0.1, 0.15) is 24.8 Å². The lowest BCUT2D eigenvalue weighted by Gasteiger charge is -2.26. The topological polar surface area (TPSA) is 52.6 Å². The first-order chi connectivity index (χ1) is 8.16. The van der Waals surface area contributed by atoms with E-state index < -0.39 is 5.60 Å². The van der Waals surface area contributed by atoms with Crippen LogP contribution in [0.25, 0.3) is 0 Å². The van der Waals surface area contributed by atoms with Crippen molar-refractivity contribution in [2.24, 2.45) is 0 Å². The molecule has 17 heavy (non-hydrogen) atoms. The third-order valence-corrected chi connectivity index (χ3v) is 3.00. The summed E-state index contributed by atoms with van der Waals surface area (Å²) in [5.74, 6) is -0.638. The van der Waals surface area contributed by atoms with Gasteiger partial charge in [0.2, 0.25) is 0 Å². The highest BCUT2D eigenvalue weighted by Crippen LogP contribution is 2.39. The SMILES string of the molecule is COC(=O)CC1(c2ccccc2)CCC(=O)O1. The molecule has 1 unspecified atom stereocenters. The predicted molar refractivity (Wildman–Crippen MR) is 60.1 cm³/mol. The van der Waals surface area contributed by atoms with Gasteiger partial charge in [-0.15, -0.1) is 0 Å². The molecule has 0 aromatic heterocycles. The second kappa shape index (κ2) is 4.57. The maximum absolute atomic E-state index is 11.4. The lowest BCUT2D eigenvalue weighted by Crippen LogP contribution is -2.29. The molecule has 4 nitrogen and oxygen atoms in total. The molecule has 0 radical (unpaired) electrons. The summed E-state index contributed by atoms with van der Waals surface area (Å²) in [6, 6.07) is 9.33. The zero-order chi connectivity index (χ0) is 12.3. The first-order valence-electron chi connectivity index (χ1n) is 5.50. The van der Waals surface area contributed by atoms with Crippen molar-refractivity contribution in [2.45, 2.75) is 24.9 Å². The highest BCUT2D eigenvalue weighted by Gasteiger charge is 2.44. The summed E-state index contributed by atoms with van der Waals surface area (Å²) >= 11 is 0. The summed E-state index contributed by atoms with van der Waals surface area (Å²) in [5.41, 5.74) is 0.00192. The molecule has 1 atom stereocenters. The van der Waals surface area contributed by atoms with Crippen LogP contribution in [0.4, 0.5) is 0 Å². The molecule has 0 spiro atoms. The molecule has 1 aliphatic heterocycles. The fourth-order valence-corrected chi connectivity index (χ4v) is 2.10. The van der Waals surface area contributed by atoms with E-state index >= 15 is 0 Å². The summed E-state index contributed by atoms with van der Waals surface area (Å²) in [6.45, 7) is 0. The average molecular weight is 234 g/mol. The number of hydrogen-bond acceptors (Lipinski definition) is 4. The number of methoxy groups -OCH3 is 1. The van der Waals surface area contributed by atoms with E-state index in [0.717, 1.165) is 5.56 Å². The Kier molecular flexibility index (Phi) is 3.13. The number of rotatable bonds is 3. The Morgan fingerprint density at radius 1 is 1.41 bits per heavy atom. The van der Waals surface area contributed by atoms with Crippen molar-refractivity contribution in [3.63, 3.8) is 0 Å². The maximum Gasteiger partial charge on any atom is 0.309 e. The fraction of sp³-hybridized carbons (Fsp3) is 0.385. The van der Waals surface area contributed by atoms with Gasteiger partial charge in [-0.3, -0.25) is 9.59 Å². The van der Waals surface area contributed by atoms with Crippen molar-refractivity contribution in [2.75, 3.05) is 7.11 Å². The maximum atomic E-state index is 11.4. The molecule has 1 aliphatic rings. The zero-order valence-electron chi connectivity index (χ0n) is 9.64. The molecule has 0 amide bonds. The van der Waals surface area contributed by atoms with Crippen LogP contribution in [-0.4, -0.2) is 19.0 Å². The largest absolute Gasteiger partial charge is 0.469 e. The van der Waals surface area contributed by atoms with E-state index in [2.05, 4.69) is 4.74 Å². The number of carbonyl (C=O) groups excluding carboxylic acids is 2. The summed E-state index contributed by atoms with van der Waals surface area (Å²) in [7, 11) is 1.33. The summed E-state index contributed by atoms with van der Waals surface area (Å²) in [6.07, 6.45) is 0.927. The van der Waals surface area contributed by atoms with Gasteiger partial charge in [-0.05, 0) is 5.56 Å². The second-order valence-corrected chi connectivity index (χ2v) is 4.09. The molecule has 0 aliphatic carbocycles. The van der Waals surface area contributed by atoms with E-state index in [1.165, 1.54) is 7.11 Å². The average Bonchev–Trinajstić information content (AvgIpc) is 2.73. The highest BCUT2D eigenvalue weighted by atomic mass is 16.6. The lowest BCUT2D eigenvalue weighted by atomic mass is 9.88. The van der Waals surface area contributed by atoms with Crippen molar-refractivity contribution in [3.8, 4) is 0 Å². The van der Waals surface area contributed by atoms with Crippen LogP contribution >= 0.6 is 0 Å². The molecule has 90 valence electrons. The smallest absolute Gasteiger partial charge is 0.309 e. The van der Waals surface area contributed by atoms with Crippen LogP contribution in [0, 0.1) is 0 Å². The Bertz CT molecular complexity index is 426. The van der Waals surface area contributed by atoms with Gasteiger partial charge >= 0.3 is 11.9 Å². The van der Waals surface area contributed by atoms with Gasteiger partial charge in [0.05, 0.1) is 13.5 Å². The lowest BCUT2D eigenvalue weighted by molar-refractivity contribution is -0.156. The molecule has 0 saturated carbocycles. The molecule has 1 heterocycles. The molecule has 0 bridgehead atoms. The van der Waals surface area contributed by atoms with Gasteiger partial charge in [0.25, 0.3) is 0 Å².